The zero-order valence-corrected chi connectivity index (χ0v) is 13.5. The van der Waals surface area contributed by atoms with E-state index in [-0.39, 0.29) is 6.04 Å². The summed E-state index contributed by atoms with van der Waals surface area (Å²) in [7, 11) is -3.26. The molecule has 2 fully saturated rings. The Kier molecular flexibility index (Phi) is 6.26. The van der Waals surface area contributed by atoms with Gasteiger partial charge in [-0.15, -0.1) is 0 Å². The van der Waals surface area contributed by atoms with E-state index in [1.165, 1.54) is 0 Å². The van der Waals surface area contributed by atoms with Crippen molar-refractivity contribution in [3.63, 3.8) is 0 Å². The minimum absolute atomic E-state index is 0.136. The van der Waals surface area contributed by atoms with Gasteiger partial charge in [-0.1, -0.05) is 26.2 Å². The Morgan fingerprint density at radius 3 is 2.30 bits per heavy atom. The second kappa shape index (κ2) is 7.73. The monoisotopic (exact) mass is 303 g/mol. The lowest BCUT2D eigenvalue weighted by Gasteiger charge is -2.37. The van der Waals surface area contributed by atoms with Crippen LogP contribution in [0.3, 0.4) is 0 Å². The van der Waals surface area contributed by atoms with Gasteiger partial charge in [0.1, 0.15) is 0 Å². The number of nitrogens with zero attached hydrogens (tertiary/aromatic N) is 2. The molecule has 0 amide bonds. The van der Waals surface area contributed by atoms with Gasteiger partial charge in [0.2, 0.25) is 0 Å². The van der Waals surface area contributed by atoms with E-state index in [4.69, 9.17) is 0 Å². The predicted octanol–water partition coefficient (Wildman–Crippen LogP) is 1.57. The molecule has 2 aliphatic rings. The highest BCUT2D eigenvalue weighted by Gasteiger charge is 2.36. The van der Waals surface area contributed by atoms with E-state index in [0.29, 0.717) is 19.6 Å². The van der Waals surface area contributed by atoms with Gasteiger partial charge < -0.3 is 5.32 Å². The zero-order chi connectivity index (χ0) is 14.4. The maximum absolute atomic E-state index is 12.9. The third-order valence-corrected chi connectivity index (χ3v) is 6.48. The van der Waals surface area contributed by atoms with Gasteiger partial charge in [-0.3, -0.25) is 0 Å². The second-order valence-corrected chi connectivity index (χ2v) is 7.77. The molecule has 118 valence electrons. The highest BCUT2D eigenvalue weighted by atomic mass is 32.2. The van der Waals surface area contributed by atoms with Crippen molar-refractivity contribution in [3.8, 4) is 0 Å². The Bertz CT molecular complexity index is 378. The van der Waals surface area contributed by atoms with Crippen LogP contribution < -0.4 is 5.32 Å². The molecule has 1 atom stereocenters. The van der Waals surface area contributed by atoms with Crippen LogP contribution in [0.4, 0.5) is 0 Å². The number of nitrogens with one attached hydrogen (secondary N) is 1. The summed E-state index contributed by atoms with van der Waals surface area (Å²) in [5.74, 6) is 0. The maximum Gasteiger partial charge on any atom is 0.282 e. The highest BCUT2D eigenvalue weighted by Crippen LogP contribution is 2.24. The standard InChI is InChI=1S/C14H29N3O2S/c1-2-15-13-14-9-5-8-12-17(14)20(18,19)16-10-6-3-4-7-11-16/h14-15H,2-13H2,1H3. The number of hydrogen-bond donors (Lipinski definition) is 1. The Labute approximate surface area is 123 Å². The molecule has 0 aromatic carbocycles. The number of rotatable bonds is 5. The predicted molar refractivity (Wildman–Crippen MR) is 81.8 cm³/mol. The van der Waals surface area contributed by atoms with Crippen molar-refractivity contribution in [2.45, 2.75) is 57.9 Å². The summed E-state index contributed by atoms with van der Waals surface area (Å²) in [4.78, 5) is 0. The Balaban J connectivity index is 2.07. The number of hydrogen-bond acceptors (Lipinski definition) is 3. The fourth-order valence-corrected chi connectivity index (χ4v) is 5.15. The van der Waals surface area contributed by atoms with Gasteiger partial charge in [0.05, 0.1) is 0 Å². The van der Waals surface area contributed by atoms with Crippen LogP contribution in [0, 0.1) is 0 Å². The molecule has 20 heavy (non-hydrogen) atoms. The van der Waals surface area contributed by atoms with E-state index in [1.54, 1.807) is 8.61 Å². The molecule has 0 bridgehead atoms. The minimum atomic E-state index is -3.26. The van der Waals surface area contributed by atoms with Crippen molar-refractivity contribution in [1.82, 2.24) is 13.9 Å². The lowest BCUT2D eigenvalue weighted by Crippen LogP contribution is -2.53. The fourth-order valence-electron chi connectivity index (χ4n) is 3.21. The van der Waals surface area contributed by atoms with Crippen LogP contribution >= 0.6 is 0 Å². The molecular weight excluding hydrogens is 274 g/mol. The largest absolute Gasteiger partial charge is 0.315 e. The van der Waals surface area contributed by atoms with Gasteiger partial charge in [0.25, 0.3) is 10.2 Å². The van der Waals surface area contributed by atoms with Crippen LogP contribution in [0.25, 0.3) is 0 Å². The fraction of sp³-hybridized carbons (Fsp3) is 1.00. The van der Waals surface area contributed by atoms with E-state index >= 15 is 0 Å². The lowest BCUT2D eigenvalue weighted by atomic mass is 10.1. The molecule has 0 radical (unpaired) electrons. The van der Waals surface area contributed by atoms with Crippen LogP contribution in [0.1, 0.15) is 51.9 Å². The summed E-state index contributed by atoms with van der Waals surface area (Å²) in [6.45, 7) is 5.84. The molecule has 2 saturated heterocycles. The normalized spacial score (nSPS) is 27.4. The SMILES string of the molecule is CCNCC1CCCCN1S(=O)(=O)N1CCCCCC1. The van der Waals surface area contributed by atoms with E-state index in [9.17, 15) is 8.42 Å². The molecule has 0 aliphatic carbocycles. The third kappa shape index (κ3) is 3.93. The van der Waals surface area contributed by atoms with Crippen molar-refractivity contribution >= 4 is 10.2 Å². The minimum Gasteiger partial charge on any atom is -0.315 e. The van der Waals surface area contributed by atoms with Gasteiger partial charge in [0, 0.05) is 32.2 Å². The van der Waals surface area contributed by atoms with Crippen LogP contribution in [0.2, 0.25) is 0 Å². The average Bonchev–Trinajstić information content (AvgIpc) is 2.75. The summed E-state index contributed by atoms with van der Waals surface area (Å²) in [6.07, 6.45) is 7.45. The van der Waals surface area contributed by atoms with Crippen molar-refractivity contribution in [1.29, 1.82) is 0 Å². The molecule has 5 nitrogen and oxygen atoms in total. The highest BCUT2D eigenvalue weighted by molar-refractivity contribution is 7.86. The van der Waals surface area contributed by atoms with Gasteiger partial charge in [-0.05, 0) is 32.2 Å². The average molecular weight is 303 g/mol. The topological polar surface area (TPSA) is 52.7 Å². The van der Waals surface area contributed by atoms with Crippen molar-refractivity contribution in [3.05, 3.63) is 0 Å². The van der Waals surface area contributed by atoms with Crippen LogP contribution in [-0.4, -0.2) is 55.8 Å². The van der Waals surface area contributed by atoms with Crippen molar-refractivity contribution in [2.75, 3.05) is 32.7 Å². The van der Waals surface area contributed by atoms with Gasteiger partial charge >= 0.3 is 0 Å². The molecule has 1 unspecified atom stereocenters. The first-order valence-electron chi connectivity index (χ1n) is 8.14. The Morgan fingerprint density at radius 2 is 1.65 bits per heavy atom. The summed E-state index contributed by atoms with van der Waals surface area (Å²) in [6, 6.07) is 0.136. The smallest absolute Gasteiger partial charge is 0.282 e. The molecule has 0 spiro atoms. The van der Waals surface area contributed by atoms with E-state index in [2.05, 4.69) is 12.2 Å². The van der Waals surface area contributed by atoms with Crippen molar-refractivity contribution < 1.29 is 8.42 Å². The molecule has 2 aliphatic heterocycles. The quantitative estimate of drug-likeness (QED) is 0.839. The molecule has 0 aromatic heterocycles. The van der Waals surface area contributed by atoms with Gasteiger partial charge in [-0.2, -0.15) is 17.0 Å². The Morgan fingerprint density at radius 1 is 1.00 bits per heavy atom. The maximum atomic E-state index is 12.9. The van der Waals surface area contributed by atoms with Gasteiger partial charge in [0.15, 0.2) is 0 Å². The second-order valence-electron chi connectivity index (χ2n) is 5.89. The number of piperidine rings is 1. The first-order valence-corrected chi connectivity index (χ1v) is 9.53. The van der Waals surface area contributed by atoms with Crippen LogP contribution in [0.5, 0.6) is 0 Å². The molecule has 1 N–H and O–H groups in total. The zero-order valence-electron chi connectivity index (χ0n) is 12.7. The number of likely N-dealkylation sites (N-methyl/N-ethyl adjacent to an activating group) is 1. The first kappa shape index (κ1) is 16.2. The van der Waals surface area contributed by atoms with E-state index < -0.39 is 10.2 Å². The lowest BCUT2D eigenvalue weighted by molar-refractivity contribution is 0.227. The van der Waals surface area contributed by atoms with E-state index in [0.717, 1.165) is 58.0 Å². The summed E-state index contributed by atoms with van der Waals surface area (Å²) in [5.41, 5.74) is 0. The van der Waals surface area contributed by atoms with Crippen LogP contribution in [0.15, 0.2) is 0 Å². The molecule has 0 aromatic rings. The third-order valence-electron chi connectivity index (χ3n) is 4.39. The van der Waals surface area contributed by atoms with Gasteiger partial charge in [-0.25, -0.2) is 0 Å². The van der Waals surface area contributed by atoms with Crippen molar-refractivity contribution in [2.24, 2.45) is 0 Å². The first-order chi connectivity index (χ1) is 9.66. The molecule has 6 heteroatoms. The summed E-state index contributed by atoms with van der Waals surface area (Å²) >= 11 is 0. The van der Waals surface area contributed by atoms with Crippen LogP contribution in [-0.2, 0) is 10.2 Å². The summed E-state index contributed by atoms with van der Waals surface area (Å²) in [5, 5.41) is 3.31. The molecule has 2 rings (SSSR count). The molecule has 2 heterocycles. The van der Waals surface area contributed by atoms with E-state index in [1.807, 2.05) is 0 Å². The Hall–Kier alpha value is -0.170. The molecular formula is C14H29N3O2S. The summed E-state index contributed by atoms with van der Waals surface area (Å²) < 4.78 is 29.3. The molecule has 0 saturated carbocycles.